The molecule has 2 unspecified atom stereocenters. The van der Waals surface area contributed by atoms with E-state index in [4.69, 9.17) is 17.3 Å². The van der Waals surface area contributed by atoms with Crippen LogP contribution in [0.15, 0.2) is 0 Å². The Balaban J connectivity index is 3.29. The Morgan fingerprint density at radius 2 is 2.12 bits per heavy atom. The fourth-order valence-corrected chi connectivity index (χ4v) is 0.759. The van der Waals surface area contributed by atoms with Gasteiger partial charge in [0.1, 0.15) is 0 Å². The molecular formula is C6H14ClN. The Morgan fingerprint density at radius 1 is 1.62 bits per heavy atom. The molecule has 0 aromatic carbocycles. The Kier molecular flexibility index (Phi) is 4.29. The number of nitrogens with two attached hydrogens (primary N) is 1. The van der Waals surface area contributed by atoms with Gasteiger partial charge in [-0.25, -0.2) is 0 Å². The van der Waals surface area contributed by atoms with Gasteiger partial charge in [-0.3, -0.25) is 0 Å². The molecule has 0 heterocycles. The van der Waals surface area contributed by atoms with E-state index in [1.54, 1.807) is 0 Å². The van der Waals surface area contributed by atoms with Gasteiger partial charge in [0.25, 0.3) is 0 Å². The third kappa shape index (κ3) is 2.53. The molecule has 0 aliphatic heterocycles. The molecule has 2 N–H and O–H groups in total. The first-order chi connectivity index (χ1) is 3.72. The zero-order chi connectivity index (χ0) is 6.57. The number of hydrogen-bond acceptors (Lipinski definition) is 1. The third-order valence-corrected chi connectivity index (χ3v) is 1.91. The van der Waals surface area contributed by atoms with Gasteiger partial charge in [-0.1, -0.05) is 20.3 Å². The van der Waals surface area contributed by atoms with Crippen molar-refractivity contribution in [2.75, 3.05) is 5.88 Å². The van der Waals surface area contributed by atoms with Crippen molar-refractivity contribution in [2.45, 2.75) is 26.3 Å². The molecule has 0 fully saturated rings. The lowest BCUT2D eigenvalue weighted by molar-refractivity contribution is 0.473. The third-order valence-electron chi connectivity index (χ3n) is 1.55. The fraction of sp³-hybridized carbons (Fsp3) is 1.00. The summed E-state index contributed by atoms with van der Waals surface area (Å²) in [6, 6.07) is 0.182. The first kappa shape index (κ1) is 8.25. The molecule has 0 aromatic heterocycles. The maximum Gasteiger partial charge on any atom is 0.0377 e. The molecule has 0 bridgehead atoms. The summed E-state index contributed by atoms with van der Waals surface area (Å²) in [6.45, 7) is 4.24. The van der Waals surface area contributed by atoms with Crippen LogP contribution in [0.1, 0.15) is 20.3 Å². The minimum absolute atomic E-state index is 0.182. The van der Waals surface area contributed by atoms with E-state index >= 15 is 0 Å². The Bertz CT molecular complexity index is 48.5. The van der Waals surface area contributed by atoms with E-state index in [-0.39, 0.29) is 6.04 Å². The van der Waals surface area contributed by atoms with Gasteiger partial charge in [-0.15, -0.1) is 11.6 Å². The number of rotatable bonds is 3. The van der Waals surface area contributed by atoms with E-state index in [2.05, 4.69) is 13.8 Å². The van der Waals surface area contributed by atoms with Gasteiger partial charge >= 0.3 is 0 Å². The van der Waals surface area contributed by atoms with Gasteiger partial charge in [0, 0.05) is 11.9 Å². The Hall–Kier alpha value is 0.250. The molecule has 1 nitrogen and oxygen atoms in total. The van der Waals surface area contributed by atoms with Gasteiger partial charge in [0.2, 0.25) is 0 Å². The molecule has 0 aromatic rings. The molecule has 50 valence electrons. The largest absolute Gasteiger partial charge is 0.326 e. The second kappa shape index (κ2) is 4.16. The molecule has 0 amide bonds. The highest BCUT2D eigenvalue weighted by Crippen LogP contribution is 2.05. The maximum atomic E-state index is 5.60. The summed E-state index contributed by atoms with van der Waals surface area (Å²) < 4.78 is 0. The van der Waals surface area contributed by atoms with Gasteiger partial charge in [0.15, 0.2) is 0 Å². The number of alkyl halides is 1. The molecule has 0 saturated heterocycles. The molecule has 0 saturated carbocycles. The molecular weight excluding hydrogens is 122 g/mol. The normalized spacial score (nSPS) is 18.0. The molecule has 2 heteroatoms. The highest BCUT2D eigenvalue weighted by molar-refractivity contribution is 6.18. The van der Waals surface area contributed by atoms with E-state index < -0.39 is 0 Å². The van der Waals surface area contributed by atoms with E-state index in [0.717, 1.165) is 6.42 Å². The molecule has 8 heavy (non-hydrogen) atoms. The van der Waals surface area contributed by atoms with Crippen LogP contribution in [0.25, 0.3) is 0 Å². The van der Waals surface area contributed by atoms with Crippen LogP contribution in [-0.2, 0) is 0 Å². The zero-order valence-electron chi connectivity index (χ0n) is 5.52. The minimum Gasteiger partial charge on any atom is -0.326 e. The average Bonchev–Trinajstić information content (AvgIpc) is 1.84. The van der Waals surface area contributed by atoms with Crippen molar-refractivity contribution in [3.63, 3.8) is 0 Å². The lowest BCUT2D eigenvalue weighted by atomic mass is 10.0. The van der Waals surface area contributed by atoms with Gasteiger partial charge in [-0.05, 0) is 5.92 Å². The van der Waals surface area contributed by atoms with Crippen LogP contribution in [-0.4, -0.2) is 11.9 Å². The summed E-state index contributed by atoms with van der Waals surface area (Å²) in [4.78, 5) is 0. The predicted octanol–water partition coefficient (Wildman–Crippen LogP) is 1.60. The summed E-state index contributed by atoms with van der Waals surface area (Å²) in [5.74, 6) is 1.14. The van der Waals surface area contributed by atoms with E-state index in [9.17, 15) is 0 Å². The van der Waals surface area contributed by atoms with E-state index in [0.29, 0.717) is 11.8 Å². The van der Waals surface area contributed by atoms with Gasteiger partial charge < -0.3 is 5.73 Å². The highest BCUT2D eigenvalue weighted by Gasteiger charge is 2.07. The van der Waals surface area contributed by atoms with Crippen molar-refractivity contribution in [2.24, 2.45) is 11.7 Å². The van der Waals surface area contributed by atoms with Gasteiger partial charge in [0.05, 0.1) is 0 Å². The quantitative estimate of drug-likeness (QED) is 0.585. The molecule has 2 atom stereocenters. The Labute approximate surface area is 56.2 Å². The molecule has 0 rings (SSSR count). The highest BCUT2D eigenvalue weighted by atomic mass is 35.5. The summed E-state index contributed by atoms with van der Waals surface area (Å²) in [7, 11) is 0. The van der Waals surface area contributed by atoms with Crippen molar-refractivity contribution < 1.29 is 0 Å². The SMILES string of the molecule is CCC(C)C(N)CCl. The van der Waals surface area contributed by atoms with Gasteiger partial charge in [-0.2, -0.15) is 0 Å². The van der Waals surface area contributed by atoms with Crippen LogP contribution in [0.5, 0.6) is 0 Å². The summed E-state index contributed by atoms with van der Waals surface area (Å²) >= 11 is 5.50. The topological polar surface area (TPSA) is 26.0 Å². The minimum atomic E-state index is 0.182. The van der Waals surface area contributed by atoms with Crippen molar-refractivity contribution in [3.8, 4) is 0 Å². The summed E-state index contributed by atoms with van der Waals surface area (Å²) in [5, 5.41) is 0. The van der Waals surface area contributed by atoms with Crippen LogP contribution in [0, 0.1) is 5.92 Å². The standard InChI is InChI=1S/C6H14ClN/c1-3-5(2)6(8)4-7/h5-6H,3-4,8H2,1-2H3. The molecule has 0 aliphatic rings. The zero-order valence-corrected chi connectivity index (χ0v) is 6.28. The van der Waals surface area contributed by atoms with E-state index in [1.807, 2.05) is 0 Å². The fourth-order valence-electron chi connectivity index (χ4n) is 0.455. The first-order valence-corrected chi connectivity index (χ1v) is 3.57. The maximum absolute atomic E-state index is 5.60. The van der Waals surface area contributed by atoms with Crippen molar-refractivity contribution in [1.82, 2.24) is 0 Å². The van der Waals surface area contributed by atoms with Crippen molar-refractivity contribution in [1.29, 1.82) is 0 Å². The summed E-state index contributed by atoms with van der Waals surface area (Å²) in [6.07, 6.45) is 1.12. The van der Waals surface area contributed by atoms with Crippen molar-refractivity contribution in [3.05, 3.63) is 0 Å². The van der Waals surface area contributed by atoms with Crippen LogP contribution >= 0.6 is 11.6 Å². The Morgan fingerprint density at radius 3 is 2.25 bits per heavy atom. The second-order valence-electron chi connectivity index (χ2n) is 2.20. The van der Waals surface area contributed by atoms with Crippen LogP contribution in [0.3, 0.4) is 0 Å². The van der Waals surface area contributed by atoms with E-state index in [1.165, 1.54) is 0 Å². The molecule has 0 aliphatic carbocycles. The van der Waals surface area contributed by atoms with Crippen LogP contribution in [0.4, 0.5) is 0 Å². The van der Waals surface area contributed by atoms with Crippen LogP contribution < -0.4 is 5.73 Å². The monoisotopic (exact) mass is 135 g/mol. The molecule has 0 radical (unpaired) electrons. The first-order valence-electron chi connectivity index (χ1n) is 3.03. The lowest BCUT2D eigenvalue weighted by Crippen LogP contribution is -2.29. The van der Waals surface area contributed by atoms with Crippen LogP contribution in [0.2, 0.25) is 0 Å². The average molecular weight is 136 g/mol. The predicted molar refractivity (Wildman–Crippen MR) is 38.2 cm³/mol. The molecule has 0 spiro atoms. The second-order valence-corrected chi connectivity index (χ2v) is 2.51. The van der Waals surface area contributed by atoms with Crippen molar-refractivity contribution >= 4 is 11.6 Å². The lowest BCUT2D eigenvalue weighted by Gasteiger charge is -2.13. The smallest absolute Gasteiger partial charge is 0.0377 e. The number of hydrogen-bond donors (Lipinski definition) is 1. The summed E-state index contributed by atoms with van der Waals surface area (Å²) in [5.41, 5.74) is 5.60. The number of halogens is 1.